The van der Waals surface area contributed by atoms with Crippen molar-refractivity contribution in [2.75, 3.05) is 32.8 Å². The molecule has 12 nitrogen and oxygen atoms in total. The highest BCUT2D eigenvalue weighted by Gasteiger charge is 2.38. The molecule has 4 heterocycles. The Bertz CT molecular complexity index is 2130. The Kier molecular flexibility index (Phi) is 10.3. The molecule has 1 aliphatic rings. The van der Waals surface area contributed by atoms with Crippen molar-refractivity contribution in [3.05, 3.63) is 77.9 Å². The SMILES string of the molecule is NCCCCc1cn(-c2ccc(-c3nc(-c4cccc5oc6ccccc6c45)cs3)c(OCCN3CCNC3=O)c2)nn1.O=C(O)C(F)(F)F. The zero-order valence-corrected chi connectivity index (χ0v) is 27.3. The number of unbranched alkanes of at least 4 members (excludes halogenated alkanes) is 1. The number of amides is 2. The van der Waals surface area contributed by atoms with E-state index in [0.29, 0.717) is 38.5 Å². The summed E-state index contributed by atoms with van der Waals surface area (Å²) in [5, 5.41) is 23.7. The number of ether oxygens (including phenoxy) is 1. The third kappa shape index (κ3) is 7.71. The summed E-state index contributed by atoms with van der Waals surface area (Å²) in [6.45, 7) is 2.83. The molecule has 1 aliphatic heterocycles. The van der Waals surface area contributed by atoms with Crippen LogP contribution in [0.2, 0.25) is 0 Å². The third-order valence-corrected chi connectivity index (χ3v) is 8.75. The van der Waals surface area contributed by atoms with Crippen LogP contribution in [0.4, 0.5) is 18.0 Å². The fourth-order valence-corrected chi connectivity index (χ4v) is 6.29. The van der Waals surface area contributed by atoms with Gasteiger partial charge >= 0.3 is 18.2 Å². The van der Waals surface area contributed by atoms with Gasteiger partial charge in [0.25, 0.3) is 0 Å². The summed E-state index contributed by atoms with van der Waals surface area (Å²) >= 11 is 1.56. The van der Waals surface area contributed by atoms with Crippen LogP contribution >= 0.6 is 11.3 Å². The van der Waals surface area contributed by atoms with E-state index in [4.69, 9.17) is 29.8 Å². The van der Waals surface area contributed by atoms with Crippen LogP contribution in [0.3, 0.4) is 0 Å². The number of thiazole rings is 1. The Hall–Kier alpha value is -5.48. The van der Waals surface area contributed by atoms with E-state index < -0.39 is 12.1 Å². The van der Waals surface area contributed by atoms with E-state index in [-0.39, 0.29) is 6.03 Å². The first-order chi connectivity index (χ1) is 24.1. The molecule has 7 rings (SSSR count). The van der Waals surface area contributed by atoms with Gasteiger partial charge in [-0.15, -0.1) is 16.4 Å². The Labute approximate surface area is 287 Å². The molecule has 50 heavy (non-hydrogen) atoms. The van der Waals surface area contributed by atoms with E-state index >= 15 is 0 Å². The van der Waals surface area contributed by atoms with Gasteiger partial charge in [-0.25, -0.2) is 19.3 Å². The number of urea groups is 1. The minimum Gasteiger partial charge on any atom is -0.491 e. The maximum atomic E-state index is 12.1. The smallest absolute Gasteiger partial charge is 0.490 e. The standard InChI is InChI=1S/C32H31N7O3S.C2HF3O2/c33-13-4-3-6-21-19-39(37-36-21)22-11-12-25(29(18-22)41-17-16-38-15-14-34-32(38)40)31-35-26(20-43-31)23-8-5-10-28-30(23)24-7-1-2-9-27(24)42-28;3-2(4,5)1(6)7/h1-2,5,7-12,18-20H,3-4,6,13-17,33H2,(H,34,40);(H,6,7). The number of carboxylic acid groups (broad SMARTS) is 1. The van der Waals surface area contributed by atoms with Crippen LogP contribution in [0.5, 0.6) is 5.75 Å². The van der Waals surface area contributed by atoms with Gasteiger partial charge in [0.1, 0.15) is 28.5 Å². The zero-order valence-electron chi connectivity index (χ0n) is 26.5. The summed E-state index contributed by atoms with van der Waals surface area (Å²) < 4.78 is 45.9. The lowest BCUT2D eigenvalue weighted by Gasteiger charge is -2.16. The van der Waals surface area contributed by atoms with E-state index in [1.54, 1.807) is 20.9 Å². The van der Waals surface area contributed by atoms with Crippen LogP contribution < -0.4 is 15.8 Å². The molecular formula is C34H32F3N7O5S. The average Bonchev–Trinajstić information content (AvgIpc) is 3.92. The largest absolute Gasteiger partial charge is 0.491 e. The van der Waals surface area contributed by atoms with Crippen LogP contribution in [0.15, 0.2) is 76.7 Å². The van der Waals surface area contributed by atoms with Crippen LogP contribution in [0.25, 0.3) is 49.5 Å². The van der Waals surface area contributed by atoms with Crippen LogP contribution in [-0.4, -0.2) is 80.9 Å². The van der Waals surface area contributed by atoms with E-state index in [1.807, 2.05) is 54.7 Å². The van der Waals surface area contributed by atoms with Crippen molar-refractivity contribution >= 4 is 45.3 Å². The van der Waals surface area contributed by atoms with Gasteiger partial charge in [0, 0.05) is 40.9 Å². The third-order valence-electron chi connectivity index (χ3n) is 7.88. The van der Waals surface area contributed by atoms with Crippen molar-refractivity contribution in [2.45, 2.75) is 25.4 Å². The van der Waals surface area contributed by atoms with Gasteiger partial charge < -0.3 is 30.2 Å². The molecule has 2 amide bonds. The van der Waals surface area contributed by atoms with Gasteiger partial charge in [0.05, 0.1) is 35.4 Å². The van der Waals surface area contributed by atoms with Gasteiger partial charge in [-0.1, -0.05) is 35.5 Å². The van der Waals surface area contributed by atoms with Crippen molar-refractivity contribution < 1.29 is 37.0 Å². The quantitative estimate of drug-likeness (QED) is 0.132. The van der Waals surface area contributed by atoms with Crippen molar-refractivity contribution in [2.24, 2.45) is 5.73 Å². The molecule has 4 N–H and O–H groups in total. The number of nitrogens with one attached hydrogen (secondary N) is 1. The number of carbonyl (C=O) groups is 2. The summed E-state index contributed by atoms with van der Waals surface area (Å²) in [6.07, 6.45) is -0.380. The molecule has 16 heteroatoms. The van der Waals surface area contributed by atoms with Crippen molar-refractivity contribution in [1.29, 1.82) is 0 Å². The minimum absolute atomic E-state index is 0.0622. The summed E-state index contributed by atoms with van der Waals surface area (Å²) in [6, 6.07) is 20.1. The van der Waals surface area contributed by atoms with Crippen LogP contribution in [0, 0.1) is 0 Å². The number of aliphatic carboxylic acids is 1. The lowest BCUT2D eigenvalue weighted by molar-refractivity contribution is -0.192. The van der Waals surface area contributed by atoms with Gasteiger partial charge in [0.15, 0.2) is 0 Å². The first-order valence-electron chi connectivity index (χ1n) is 15.7. The summed E-state index contributed by atoms with van der Waals surface area (Å²) in [5.74, 6) is -2.09. The highest BCUT2D eigenvalue weighted by molar-refractivity contribution is 7.13. The molecule has 0 aliphatic carbocycles. The summed E-state index contributed by atoms with van der Waals surface area (Å²) in [4.78, 5) is 27.8. The highest BCUT2D eigenvalue weighted by atomic mass is 32.1. The lowest BCUT2D eigenvalue weighted by Crippen LogP contribution is -2.31. The maximum Gasteiger partial charge on any atom is 0.490 e. The Morgan fingerprint density at radius 1 is 1.08 bits per heavy atom. The van der Waals surface area contributed by atoms with Crippen LogP contribution in [0.1, 0.15) is 18.5 Å². The number of nitrogens with zero attached hydrogens (tertiary/aromatic N) is 5. The number of aromatic nitrogens is 4. The molecule has 0 radical (unpaired) electrons. The maximum absolute atomic E-state index is 12.1. The highest BCUT2D eigenvalue weighted by Crippen LogP contribution is 2.40. The monoisotopic (exact) mass is 707 g/mol. The number of hydrogen-bond acceptors (Lipinski definition) is 9. The minimum atomic E-state index is -5.08. The first-order valence-corrected chi connectivity index (χ1v) is 16.6. The predicted molar refractivity (Wildman–Crippen MR) is 181 cm³/mol. The van der Waals surface area contributed by atoms with Crippen molar-refractivity contribution in [3.8, 4) is 33.3 Å². The van der Waals surface area contributed by atoms with Gasteiger partial charge in [0.2, 0.25) is 0 Å². The van der Waals surface area contributed by atoms with E-state index in [1.165, 1.54) is 0 Å². The molecule has 0 bridgehead atoms. The number of carboxylic acids is 1. The second kappa shape index (κ2) is 15.0. The number of furan rings is 1. The lowest BCUT2D eigenvalue weighted by atomic mass is 10.0. The molecule has 1 fully saturated rings. The molecule has 3 aromatic carbocycles. The van der Waals surface area contributed by atoms with Gasteiger partial charge in [-0.3, -0.25) is 0 Å². The fourth-order valence-electron chi connectivity index (χ4n) is 5.44. The van der Waals surface area contributed by atoms with Crippen LogP contribution in [-0.2, 0) is 11.2 Å². The fraction of sp³-hybridized carbons (Fsp3) is 0.265. The molecule has 0 unspecified atom stereocenters. The number of carbonyl (C=O) groups excluding carboxylic acids is 1. The predicted octanol–water partition coefficient (Wildman–Crippen LogP) is 6.28. The number of hydrogen-bond donors (Lipinski definition) is 3. The molecule has 0 saturated carbocycles. The first kappa shape index (κ1) is 34.4. The van der Waals surface area contributed by atoms with E-state index in [2.05, 4.69) is 33.1 Å². The number of alkyl halides is 3. The molecule has 0 spiro atoms. The molecule has 260 valence electrons. The average molecular weight is 708 g/mol. The summed E-state index contributed by atoms with van der Waals surface area (Å²) in [5.41, 5.74) is 11.9. The number of rotatable bonds is 11. The van der Waals surface area contributed by atoms with Crippen molar-refractivity contribution in [3.63, 3.8) is 0 Å². The normalized spacial score (nSPS) is 13.0. The molecule has 1 saturated heterocycles. The number of para-hydroxylation sites is 1. The number of fused-ring (bicyclic) bond motifs is 3. The molecular weight excluding hydrogens is 675 g/mol. The molecule has 3 aromatic heterocycles. The topological polar surface area (TPSA) is 162 Å². The second-order valence-corrected chi connectivity index (χ2v) is 12.1. The Morgan fingerprint density at radius 2 is 1.88 bits per heavy atom. The second-order valence-electron chi connectivity index (χ2n) is 11.3. The van der Waals surface area contributed by atoms with Gasteiger partial charge in [-0.05, 0) is 50.1 Å². The summed E-state index contributed by atoms with van der Waals surface area (Å²) in [7, 11) is 0. The van der Waals surface area contributed by atoms with Gasteiger partial charge in [-0.2, -0.15) is 13.2 Å². The molecule has 0 atom stereocenters. The van der Waals surface area contributed by atoms with E-state index in [0.717, 1.165) is 74.4 Å². The number of aryl methyl sites for hydroxylation is 1. The molecule has 6 aromatic rings. The Morgan fingerprint density at radius 3 is 2.64 bits per heavy atom. The Balaban J connectivity index is 0.000000561. The zero-order chi connectivity index (χ0) is 35.3. The van der Waals surface area contributed by atoms with E-state index in [9.17, 15) is 18.0 Å². The van der Waals surface area contributed by atoms with Crippen molar-refractivity contribution in [1.82, 2.24) is 30.2 Å². The number of benzene rings is 3. The number of halogens is 3. The number of nitrogens with two attached hydrogens (primary N) is 1.